The number of anilines is 1. The molecular formula is C25H20FN5O3S. The first-order chi connectivity index (χ1) is 16.6. The quantitative estimate of drug-likeness (QED) is 0.240. The van der Waals surface area contributed by atoms with Crippen LogP contribution in [-0.2, 0) is 10.0 Å². The molecule has 0 radical (unpaired) electrons. The summed E-state index contributed by atoms with van der Waals surface area (Å²) in [4.78, 5) is 17.1. The molecule has 0 fully saturated rings. The van der Waals surface area contributed by atoms with Crippen molar-refractivity contribution in [2.24, 2.45) is 10.9 Å². The number of nitrogens with zero attached hydrogens (tertiary/aromatic N) is 1. The normalized spacial score (nSPS) is 11.1. The van der Waals surface area contributed by atoms with E-state index in [1.54, 1.807) is 48.5 Å². The summed E-state index contributed by atoms with van der Waals surface area (Å²) in [5.74, 6) is -1.52. The van der Waals surface area contributed by atoms with E-state index in [0.29, 0.717) is 27.9 Å². The SMILES string of the molecule is N=C(N)c1cc(-c2ccncc2C(=O)Nc2ccc(-c3ccccc3S(N)(=O)=O)cc2)ccc1F. The van der Waals surface area contributed by atoms with Gasteiger partial charge in [0.2, 0.25) is 10.0 Å². The predicted octanol–water partition coefficient (Wildman–Crippen LogP) is 3.74. The van der Waals surface area contributed by atoms with E-state index in [1.807, 2.05) is 0 Å². The molecular weight excluding hydrogens is 469 g/mol. The first kappa shape index (κ1) is 23.7. The molecule has 0 atom stereocenters. The summed E-state index contributed by atoms with van der Waals surface area (Å²) in [5.41, 5.74) is 8.13. The summed E-state index contributed by atoms with van der Waals surface area (Å²) >= 11 is 0. The Labute approximate surface area is 201 Å². The Balaban J connectivity index is 1.62. The van der Waals surface area contributed by atoms with Gasteiger partial charge >= 0.3 is 0 Å². The number of hydrogen-bond donors (Lipinski definition) is 4. The van der Waals surface area contributed by atoms with Crippen LogP contribution in [0.4, 0.5) is 10.1 Å². The van der Waals surface area contributed by atoms with E-state index in [0.717, 1.165) is 0 Å². The lowest BCUT2D eigenvalue weighted by Crippen LogP contribution is -2.15. The number of hydrogen-bond acceptors (Lipinski definition) is 5. The number of nitrogens with one attached hydrogen (secondary N) is 2. The van der Waals surface area contributed by atoms with Crippen LogP contribution in [0, 0.1) is 11.2 Å². The minimum Gasteiger partial charge on any atom is -0.384 e. The third-order valence-corrected chi connectivity index (χ3v) is 6.25. The van der Waals surface area contributed by atoms with Crippen LogP contribution in [-0.4, -0.2) is 25.1 Å². The highest BCUT2D eigenvalue weighted by atomic mass is 32.2. The van der Waals surface area contributed by atoms with Crippen molar-refractivity contribution in [3.05, 3.63) is 102 Å². The maximum atomic E-state index is 14.0. The zero-order chi connectivity index (χ0) is 25.2. The molecule has 1 amide bonds. The van der Waals surface area contributed by atoms with Crippen molar-refractivity contribution in [2.45, 2.75) is 4.90 Å². The van der Waals surface area contributed by atoms with Gasteiger partial charge in [-0.05, 0) is 53.1 Å². The monoisotopic (exact) mass is 489 g/mol. The Morgan fingerprint density at radius 2 is 1.60 bits per heavy atom. The lowest BCUT2D eigenvalue weighted by atomic mass is 9.98. The molecule has 0 saturated heterocycles. The summed E-state index contributed by atoms with van der Waals surface area (Å²) in [6.07, 6.45) is 2.89. The van der Waals surface area contributed by atoms with Crippen LogP contribution >= 0.6 is 0 Å². The first-order valence-corrected chi connectivity index (χ1v) is 11.8. The van der Waals surface area contributed by atoms with Crippen LogP contribution in [0.15, 0.2) is 90.1 Å². The lowest BCUT2D eigenvalue weighted by Gasteiger charge is -2.12. The Bertz CT molecular complexity index is 1550. The van der Waals surface area contributed by atoms with Crippen LogP contribution < -0.4 is 16.2 Å². The van der Waals surface area contributed by atoms with E-state index in [9.17, 15) is 17.6 Å². The fraction of sp³-hybridized carbons (Fsp3) is 0. The molecule has 0 aliphatic carbocycles. The zero-order valence-electron chi connectivity index (χ0n) is 18.2. The standard InChI is InChI=1S/C25H20FN5O3S/c26-22-10-7-16(13-20(22)24(27)28)18-11-12-30-14-21(18)25(32)31-17-8-5-15(6-9-17)19-3-1-2-4-23(19)35(29,33)34/h1-14H,(H3,27,28)(H,31,32)(H2,29,33,34). The lowest BCUT2D eigenvalue weighted by molar-refractivity contribution is 0.102. The van der Waals surface area contributed by atoms with Crippen molar-refractivity contribution in [2.75, 3.05) is 5.32 Å². The Morgan fingerprint density at radius 3 is 2.29 bits per heavy atom. The van der Waals surface area contributed by atoms with Gasteiger partial charge in [-0.1, -0.05) is 36.4 Å². The summed E-state index contributed by atoms with van der Waals surface area (Å²) in [6, 6.07) is 18.7. The maximum Gasteiger partial charge on any atom is 0.257 e. The smallest absolute Gasteiger partial charge is 0.257 e. The van der Waals surface area contributed by atoms with E-state index < -0.39 is 27.6 Å². The van der Waals surface area contributed by atoms with E-state index in [1.165, 1.54) is 36.7 Å². The second-order valence-corrected chi connectivity index (χ2v) is 9.13. The molecule has 4 aromatic rings. The molecule has 0 bridgehead atoms. The van der Waals surface area contributed by atoms with E-state index in [2.05, 4.69) is 10.3 Å². The van der Waals surface area contributed by atoms with Crippen LogP contribution in [0.5, 0.6) is 0 Å². The number of halogens is 1. The molecule has 35 heavy (non-hydrogen) atoms. The number of nitrogens with two attached hydrogens (primary N) is 2. The number of aromatic nitrogens is 1. The topological polar surface area (TPSA) is 152 Å². The van der Waals surface area contributed by atoms with Gasteiger partial charge in [-0.2, -0.15) is 0 Å². The van der Waals surface area contributed by atoms with Crippen molar-refractivity contribution < 1.29 is 17.6 Å². The number of rotatable bonds is 6. The number of pyridine rings is 1. The molecule has 1 heterocycles. The van der Waals surface area contributed by atoms with E-state index >= 15 is 0 Å². The number of amides is 1. The number of amidine groups is 1. The largest absolute Gasteiger partial charge is 0.384 e. The van der Waals surface area contributed by atoms with Gasteiger partial charge in [0, 0.05) is 23.6 Å². The molecule has 0 aliphatic heterocycles. The summed E-state index contributed by atoms with van der Waals surface area (Å²) in [7, 11) is -3.91. The highest BCUT2D eigenvalue weighted by Gasteiger charge is 2.17. The van der Waals surface area contributed by atoms with Crippen molar-refractivity contribution in [1.82, 2.24) is 4.98 Å². The molecule has 6 N–H and O–H groups in total. The van der Waals surface area contributed by atoms with E-state index in [-0.39, 0.29) is 16.0 Å². The van der Waals surface area contributed by atoms with Gasteiger partial charge in [0.1, 0.15) is 11.7 Å². The average molecular weight is 490 g/mol. The second-order valence-electron chi connectivity index (χ2n) is 7.60. The van der Waals surface area contributed by atoms with Crippen LogP contribution in [0.3, 0.4) is 0 Å². The van der Waals surface area contributed by atoms with Gasteiger partial charge in [0.05, 0.1) is 16.0 Å². The summed E-state index contributed by atoms with van der Waals surface area (Å²) in [5, 5.41) is 15.7. The fourth-order valence-corrected chi connectivity index (χ4v) is 4.37. The zero-order valence-corrected chi connectivity index (χ0v) is 19.0. The van der Waals surface area contributed by atoms with E-state index in [4.69, 9.17) is 16.3 Å². The van der Waals surface area contributed by atoms with Crippen molar-refractivity contribution >= 4 is 27.5 Å². The van der Waals surface area contributed by atoms with Crippen molar-refractivity contribution in [3.63, 3.8) is 0 Å². The van der Waals surface area contributed by atoms with Gasteiger partial charge < -0.3 is 11.1 Å². The summed E-state index contributed by atoms with van der Waals surface area (Å²) in [6.45, 7) is 0. The third-order valence-electron chi connectivity index (χ3n) is 5.28. The Hall–Kier alpha value is -4.41. The Morgan fingerprint density at radius 1 is 0.914 bits per heavy atom. The summed E-state index contributed by atoms with van der Waals surface area (Å²) < 4.78 is 37.8. The molecule has 10 heteroatoms. The van der Waals surface area contributed by atoms with Gasteiger partial charge in [-0.25, -0.2) is 17.9 Å². The number of nitrogen functional groups attached to an aromatic ring is 1. The molecule has 0 saturated carbocycles. The molecule has 0 spiro atoms. The van der Waals surface area contributed by atoms with Crippen molar-refractivity contribution in [3.8, 4) is 22.3 Å². The predicted molar refractivity (Wildman–Crippen MR) is 132 cm³/mol. The highest BCUT2D eigenvalue weighted by Crippen LogP contribution is 2.29. The third kappa shape index (κ3) is 5.08. The van der Waals surface area contributed by atoms with Gasteiger partial charge in [-0.3, -0.25) is 15.2 Å². The number of carbonyl (C=O) groups is 1. The van der Waals surface area contributed by atoms with Crippen LogP contribution in [0.2, 0.25) is 0 Å². The number of benzene rings is 3. The fourth-order valence-electron chi connectivity index (χ4n) is 3.61. The number of carbonyl (C=O) groups excluding carboxylic acids is 1. The molecule has 3 aromatic carbocycles. The molecule has 0 aliphatic rings. The Kier molecular flexibility index (Phi) is 6.41. The van der Waals surface area contributed by atoms with Gasteiger partial charge in [0.15, 0.2) is 0 Å². The molecule has 176 valence electrons. The maximum absolute atomic E-state index is 14.0. The molecule has 0 unspecified atom stereocenters. The average Bonchev–Trinajstić information content (AvgIpc) is 2.84. The second kappa shape index (κ2) is 9.45. The minimum atomic E-state index is -3.91. The van der Waals surface area contributed by atoms with Crippen molar-refractivity contribution in [1.29, 1.82) is 5.41 Å². The molecule has 4 rings (SSSR count). The van der Waals surface area contributed by atoms with Crippen LogP contribution in [0.25, 0.3) is 22.3 Å². The molecule has 1 aromatic heterocycles. The number of primary sulfonamides is 1. The van der Waals surface area contributed by atoms with Gasteiger partial charge in [0.25, 0.3) is 5.91 Å². The first-order valence-electron chi connectivity index (χ1n) is 10.3. The highest BCUT2D eigenvalue weighted by molar-refractivity contribution is 7.89. The van der Waals surface area contributed by atoms with Crippen LogP contribution in [0.1, 0.15) is 15.9 Å². The molecule has 8 nitrogen and oxygen atoms in total. The minimum absolute atomic E-state index is 0.000940. The van der Waals surface area contributed by atoms with Gasteiger partial charge in [-0.15, -0.1) is 0 Å². The number of sulfonamides is 1.